The van der Waals surface area contributed by atoms with Crippen LogP contribution in [0.15, 0.2) is 0 Å². The van der Waals surface area contributed by atoms with Crippen LogP contribution in [-0.2, 0) is 9.59 Å². The van der Waals surface area contributed by atoms with E-state index in [-0.39, 0.29) is 52.9 Å². The van der Waals surface area contributed by atoms with Gasteiger partial charge in [-0.05, 0) is 12.2 Å². The molecule has 1 aliphatic heterocycles. The summed E-state index contributed by atoms with van der Waals surface area (Å²) in [5.74, 6) is -0.687. The van der Waals surface area contributed by atoms with Crippen LogP contribution >= 0.6 is 12.2 Å². The minimum absolute atomic E-state index is 0. The van der Waals surface area contributed by atoms with Crippen molar-refractivity contribution < 1.29 is 39.1 Å². The van der Waals surface area contributed by atoms with E-state index in [1.165, 1.54) is 0 Å². The van der Waals surface area contributed by atoms with Crippen molar-refractivity contribution in [3.05, 3.63) is 0 Å². The summed E-state index contributed by atoms with van der Waals surface area (Å²) in [5.41, 5.74) is 0. The molecule has 0 aliphatic carbocycles. The van der Waals surface area contributed by atoms with E-state index >= 15 is 0 Å². The summed E-state index contributed by atoms with van der Waals surface area (Å²) >= 11 is 4.50. The average molecular weight is 167 g/mol. The van der Waals surface area contributed by atoms with Gasteiger partial charge >= 0.3 is 29.6 Å². The van der Waals surface area contributed by atoms with Crippen molar-refractivity contribution in [3.63, 3.8) is 0 Å². The smallest absolute Gasteiger partial charge is 0.302 e. The van der Waals surface area contributed by atoms with Gasteiger partial charge in [0.1, 0.15) is 6.42 Å². The van der Waals surface area contributed by atoms with Crippen LogP contribution in [0.25, 0.3) is 0 Å². The van der Waals surface area contributed by atoms with Gasteiger partial charge < -0.3 is 10.6 Å². The molecule has 1 saturated heterocycles. The predicted octanol–water partition coefficient (Wildman–Crippen LogP) is -4.09. The molecule has 1 fully saturated rings. The quantitative estimate of drug-likeness (QED) is 0.219. The summed E-state index contributed by atoms with van der Waals surface area (Å²) in [6, 6.07) is 0. The molecule has 10 heavy (non-hydrogen) atoms. The van der Waals surface area contributed by atoms with Gasteiger partial charge in [-0.1, -0.05) is 0 Å². The summed E-state index contributed by atoms with van der Waals surface area (Å²) in [6.45, 7) is 0. The zero-order valence-electron chi connectivity index (χ0n) is 5.43. The Hall–Kier alpha value is 0.0300. The van der Waals surface area contributed by atoms with E-state index in [0.29, 0.717) is 0 Å². The Balaban J connectivity index is 0.000000810. The minimum atomic E-state index is -0.344. The molecule has 2 N–H and O–H groups in total. The standard InChI is InChI=1S/C4H4N2O2S.Na/c7-2-1-3(8)6-4(9)5-2;/h1H2,(H2,5,6,7,8,9);/q;+1. The van der Waals surface area contributed by atoms with Gasteiger partial charge in [0.2, 0.25) is 11.8 Å². The number of thiocarbonyl (C=S) groups is 1. The van der Waals surface area contributed by atoms with Crippen LogP contribution in [-0.4, -0.2) is 16.9 Å². The minimum Gasteiger partial charge on any atom is -0.302 e. The van der Waals surface area contributed by atoms with Gasteiger partial charge in [-0.3, -0.25) is 9.59 Å². The third-order valence-electron chi connectivity index (χ3n) is 0.827. The number of nitrogens with one attached hydrogen (secondary N) is 2. The molecule has 0 saturated carbocycles. The SMILES string of the molecule is O=C1CC(=O)NC(=S)N1.[Na+]. The molecule has 0 bridgehead atoms. The molecule has 6 heteroatoms. The Bertz CT molecular complexity index is 148. The summed E-state index contributed by atoms with van der Waals surface area (Å²) in [4.78, 5) is 20.8. The van der Waals surface area contributed by atoms with E-state index in [2.05, 4.69) is 22.9 Å². The molecule has 0 atom stereocenters. The van der Waals surface area contributed by atoms with E-state index in [0.717, 1.165) is 0 Å². The number of carbonyl (C=O) groups excluding carboxylic acids is 2. The second-order valence-corrected chi connectivity index (χ2v) is 2.01. The molecule has 1 aliphatic rings. The Morgan fingerprint density at radius 3 is 1.90 bits per heavy atom. The molecule has 1 heterocycles. The van der Waals surface area contributed by atoms with Crippen molar-refractivity contribution in [2.24, 2.45) is 0 Å². The van der Waals surface area contributed by atoms with Crippen LogP contribution in [0.2, 0.25) is 0 Å². The van der Waals surface area contributed by atoms with Crippen molar-refractivity contribution in [2.45, 2.75) is 6.42 Å². The van der Waals surface area contributed by atoms with Gasteiger partial charge in [0.05, 0.1) is 0 Å². The van der Waals surface area contributed by atoms with Crippen LogP contribution in [0, 0.1) is 0 Å². The normalized spacial score (nSPS) is 17.0. The van der Waals surface area contributed by atoms with Gasteiger partial charge in [0, 0.05) is 0 Å². The molecule has 4 nitrogen and oxygen atoms in total. The zero-order chi connectivity index (χ0) is 6.85. The molecule has 0 aromatic carbocycles. The van der Waals surface area contributed by atoms with Gasteiger partial charge in [-0.15, -0.1) is 0 Å². The Morgan fingerprint density at radius 2 is 1.60 bits per heavy atom. The number of hydrogen-bond donors (Lipinski definition) is 2. The third-order valence-corrected chi connectivity index (χ3v) is 1.03. The van der Waals surface area contributed by atoms with Gasteiger partial charge in [0.15, 0.2) is 5.11 Å². The van der Waals surface area contributed by atoms with E-state index in [4.69, 9.17) is 0 Å². The average Bonchev–Trinajstić information content (AvgIpc) is 1.59. The van der Waals surface area contributed by atoms with Crippen LogP contribution in [0.4, 0.5) is 0 Å². The van der Waals surface area contributed by atoms with Crippen molar-refractivity contribution in [2.75, 3.05) is 0 Å². The van der Waals surface area contributed by atoms with E-state index in [1.807, 2.05) is 0 Å². The van der Waals surface area contributed by atoms with Gasteiger partial charge in [-0.25, -0.2) is 0 Å². The fourth-order valence-corrected chi connectivity index (χ4v) is 0.746. The van der Waals surface area contributed by atoms with Crippen LogP contribution in [0.5, 0.6) is 0 Å². The first-order valence-electron chi connectivity index (χ1n) is 2.32. The first-order valence-corrected chi connectivity index (χ1v) is 2.73. The summed E-state index contributed by atoms with van der Waals surface area (Å²) < 4.78 is 0. The van der Waals surface area contributed by atoms with Gasteiger partial charge in [0.25, 0.3) is 0 Å². The van der Waals surface area contributed by atoms with E-state index in [1.54, 1.807) is 0 Å². The first kappa shape index (κ1) is 10.0. The molecule has 0 radical (unpaired) electrons. The number of rotatable bonds is 0. The third kappa shape index (κ3) is 2.74. The summed E-state index contributed by atoms with van der Waals surface area (Å²) in [7, 11) is 0. The first-order chi connectivity index (χ1) is 4.18. The number of carbonyl (C=O) groups is 2. The zero-order valence-corrected chi connectivity index (χ0v) is 8.25. The number of amides is 2. The number of hydrogen-bond acceptors (Lipinski definition) is 3. The molecule has 2 amide bonds. The molecule has 0 unspecified atom stereocenters. The molecule has 0 aromatic heterocycles. The van der Waals surface area contributed by atoms with E-state index in [9.17, 15) is 9.59 Å². The summed E-state index contributed by atoms with van der Waals surface area (Å²) in [6.07, 6.45) is -0.125. The van der Waals surface area contributed by atoms with Gasteiger partial charge in [-0.2, -0.15) is 0 Å². The van der Waals surface area contributed by atoms with Crippen molar-refractivity contribution in [1.29, 1.82) is 0 Å². The monoisotopic (exact) mass is 167 g/mol. The Morgan fingerprint density at radius 1 is 1.20 bits per heavy atom. The maximum atomic E-state index is 10.4. The molecule has 0 aromatic rings. The second kappa shape index (κ2) is 4.02. The molecular weight excluding hydrogens is 163 g/mol. The Labute approximate surface area is 85.0 Å². The maximum absolute atomic E-state index is 10.4. The van der Waals surface area contributed by atoms with Crippen molar-refractivity contribution in [3.8, 4) is 0 Å². The van der Waals surface area contributed by atoms with Crippen LogP contribution < -0.4 is 40.2 Å². The fraction of sp³-hybridized carbons (Fsp3) is 0.250. The van der Waals surface area contributed by atoms with Crippen LogP contribution in [0.3, 0.4) is 0 Å². The second-order valence-electron chi connectivity index (χ2n) is 1.60. The van der Waals surface area contributed by atoms with Crippen LogP contribution in [0.1, 0.15) is 6.42 Å². The summed E-state index contributed by atoms with van der Waals surface area (Å²) in [5, 5.41) is 4.63. The largest absolute Gasteiger partial charge is 1.00 e. The molecular formula is C4H4N2NaO2S+. The fourth-order valence-electron chi connectivity index (χ4n) is 0.519. The predicted molar refractivity (Wildman–Crippen MR) is 33.5 cm³/mol. The topological polar surface area (TPSA) is 58.2 Å². The molecule has 1 rings (SSSR count). The molecule has 0 spiro atoms. The van der Waals surface area contributed by atoms with Crippen molar-refractivity contribution >= 4 is 29.1 Å². The van der Waals surface area contributed by atoms with E-state index < -0.39 is 0 Å². The maximum Gasteiger partial charge on any atom is 1.00 e. The molecule has 48 valence electrons. The van der Waals surface area contributed by atoms with Crippen molar-refractivity contribution in [1.82, 2.24) is 10.6 Å². The Kier molecular flexibility index (Phi) is 4.04.